The van der Waals surface area contributed by atoms with Gasteiger partial charge in [0, 0.05) is 6.54 Å². The normalized spacial score (nSPS) is 23.8. The Kier molecular flexibility index (Phi) is 5.37. The van der Waals surface area contributed by atoms with E-state index < -0.39 is 11.5 Å². The van der Waals surface area contributed by atoms with Crippen molar-refractivity contribution in [3.63, 3.8) is 0 Å². The molecule has 0 aromatic heterocycles. The number of hydrogen-bond donors (Lipinski definition) is 2. The summed E-state index contributed by atoms with van der Waals surface area (Å²) in [4.78, 5) is 27.3. The van der Waals surface area contributed by atoms with Crippen molar-refractivity contribution in [1.29, 1.82) is 0 Å². The first-order valence-corrected chi connectivity index (χ1v) is 9.01. The largest absolute Gasteiger partial charge is 0.354 e. The lowest BCUT2D eigenvalue weighted by molar-refractivity contribution is -0.138. The number of carbonyl (C=O) groups is 2. The van der Waals surface area contributed by atoms with E-state index in [9.17, 15) is 14.0 Å². The zero-order valence-electron chi connectivity index (χ0n) is 14.7. The zero-order chi connectivity index (χ0) is 17.9. The Morgan fingerprint density at radius 3 is 2.76 bits per heavy atom. The highest BCUT2D eigenvalue weighted by atomic mass is 19.1. The van der Waals surface area contributed by atoms with Crippen LogP contribution in [0.4, 0.5) is 4.39 Å². The van der Waals surface area contributed by atoms with Gasteiger partial charge in [-0.3, -0.25) is 9.59 Å². The van der Waals surface area contributed by atoms with Crippen molar-refractivity contribution in [1.82, 2.24) is 15.5 Å². The van der Waals surface area contributed by atoms with Crippen molar-refractivity contribution < 1.29 is 14.0 Å². The Balaban J connectivity index is 1.80. The van der Waals surface area contributed by atoms with Crippen molar-refractivity contribution in [2.75, 3.05) is 26.7 Å². The number of amides is 2. The highest BCUT2D eigenvalue weighted by Crippen LogP contribution is 2.36. The maximum absolute atomic E-state index is 14.2. The van der Waals surface area contributed by atoms with Gasteiger partial charge in [-0.1, -0.05) is 18.2 Å². The summed E-state index contributed by atoms with van der Waals surface area (Å²) in [6.45, 7) is 2.24. The van der Waals surface area contributed by atoms with E-state index in [2.05, 4.69) is 15.5 Å². The first kappa shape index (κ1) is 17.9. The van der Waals surface area contributed by atoms with Crippen molar-refractivity contribution in [2.24, 2.45) is 5.41 Å². The van der Waals surface area contributed by atoms with Gasteiger partial charge in [0.25, 0.3) is 0 Å². The molecule has 0 bridgehead atoms. The molecule has 2 aliphatic rings. The van der Waals surface area contributed by atoms with E-state index in [0.717, 1.165) is 19.5 Å². The lowest BCUT2D eigenvalue weighted by atomic mass is 9.72. The number of benzene rings is 1. The Morgan fingerprint density at radius 1 is 1.36 bits per heavy atom. The van der Waals surface area contributed by atoms with Gasteiger partial charge in [0.05, 0.1) is 5.41 Å². The highest BCUT2D eigenvalue weighted by molar-refractivity contribution is 5.90. The first-order valence-electron chi connectivity index (χ1n) is 9.01. The fraction of sp³-hybridized carbons (Fsp3) is 0.579. The standard InChI is InChI=1S/C19H26FN3O2/c1-23-11-8-19(9-12-23,13-14-5-2-3-6-15(14)20)18(25)22-16-7-4-10-21-17(16)24/h2-3,5-6,16H,4,7-13H2,1H3,(H,21,24)(H,22,25). The second kappa shape index (κ2) is 7.52. The third kappa shape index (κ3) is 4.00. The summed E-state index contributed by atoms with van der Waals surface area (Å²) in [7, 11) is 2.03. The minimum absolute atomic E-state index is 0.117. The zero-order valence-corrected chi connectivity index (χ0v) is 14.7. The predicted octanol–water partition coefficient (Wildman–Crippen LogP) is 1.47. The van der Waals surface area contributed by atoms with Crippen molar-refractivity contribution in [2.45, 2.75) is 38.1 Å². The molecule has 5 nitrogen and oxygen atoms in total. The van der Waals surface area contributed by atoms with Crippen LogP contribution in [0.2, 0.25) is 0 Å². The summed E-state index contributed by atoms with van der Waals surface area (Å²) >= 11 is 0. The Bertz CT molecular complexity index is 641. The fourth-order valence-electron chi connectivity index (χ4n) is 3.76. The first-order chi connectivity index (χ1) is 12.0. The van der Waals surface area contributed by atoms with Gasteiger partial charge >= 0.3 is 0 Å². The molecule has 2 saturated heterocycles. The van der Waals surface area contributed by atoms with Gasteiger partial charge in [-0.15, -0.1) is 0 Å². The number of nitrogens with zero attached hydrogens (tertiary/aromatic N) is 1. The quantitative estimate of drug-likeness (QED) is 0.867. The van der Waals surface area contributed by atoms with Gasteiger partial charge in [0.2, 0.25) is 11.8 Å². The Morgan fingerprint density at radius 2 is 2.08 bits per heavy atom. The summed E-state index contributed by atoms with van der Waals surface area (Å²) < 4.78 is 14.2. The molecule has 0 radical (unpaired) electrons. The van der Waals surface area contributed by atoms with E-state index in [-0.39, 0.29) is 17.6 Å². The summed E-state index contributed by atoms with van der Waals surface area (Å²) in [5, 5.41) is 5.74. The van der Waals surface area contributed by atoms with Crippen LogP contribution in [0.5, 0.6) is 0 Å². The number of hydrogen-bond acceptors (Lipinski definition) is 3. The summed E-state index contributed by atoms with van der Waals surface area (Å²) in [6.07, 6.45) is 3.22. The maximum Gasteiger partial charge on any atom is 0.242 e. The average Bonchev–Trinajstić information content (AvgIpc) is 2.61. The molecule has 2 N–H and O–H groups in total. The van der Waals surface area contributed by atoms with Crippen molar-refractivity contribution in [3.05, 3.63) is 35.6 Å². The molecule has 2 amide bonds. The molecule has 1 aromatic rings. The molecule has 25 heavy (non-hydrogen) atoms. The molecule has 0 aliphatic carbocycles. The number of carbonyl (C=O) groups excluding carboxylic acids is 2. The average molecular weight is 347 g/mol. The Labute approximate surface area is 148 Å². The maximum atomic E-state index is 14.2. The van der Waals surface area contributed by atoms with Gasteiger partial charge in [0.1, 0.15) is 11.9 Å². The van der Waals surface area contributed by atoms with Gasteiger partial charge in [-0.25, -0.2) is 4.39 Å². The molecule has 1 aromatic carbocycles. The van der Waals surface area contributed by atoms with E-state index in [4.69, 9.17) is 0 Å². The number of rotatable bonds is 4. The van der Waals surface area contributed by atoms with Gasteiger partial charge in [-0.2, -0.15) is 0 Å². The van der Waals surface area contributed by atoms with Gasteiger partial charge in [-0.05, 0) is 63.9 Å². The van der Waals surface area contributed by atoms with Crippen LogP contribution in [-0.2, 0) is 16.0 Å². The summed E-state index contributed by atoms with van der Waals surface area (Å²) in [6, 6.07) is 6.17. The molecular formula is C19H26FN3O2. The third-order valence-electron chi connectivity index (χ3n) is 5.50. The van der Waals surface area contributed by atoms with Crippen molar-refractivity contribution >= 4 is 11.8 Å². The number of halogens is 1. The fourth-order valence-corrected chi connectivity index (χ4v) is 3.76. The topological polar surface area (TPSA) is 61.4 Å². The number of piperidine rings is 2. The molecule has 1 unspecified atom stereocenters. The van der Waals surface area contributed by atoms with Gasteiger partial charge in [0.15, 0.2) is 0 Å². The minimum Gasteiger partial charge on any atom is -0.354 e. The highest BCUT2D eigenvalue weighted by Gasteiger charge is 2.42. The Hall–Kier alpha value is -1.95. The van der Waals surface area contributed by atoms with E-state index in [1.807, 2.05) is 7.05 Å². The monoisotopic (exact) mass is 347 g/mol. The SMILES string of the molecule is CN1CCC(Cc2ccccc2F)(C(=O)NC2CCCNC2=O)CC1. The lowest BCUT2D eigenvalue weighted by Gasteiger charge is -2.40. The van der Waals surface area contributed by atoms with Crippen LogP contribution < -0.4 is 10.6 Å². The molecule has 0 spiro atoms. The van der Waals surface area contributed by atoms with E-state index in [1.165, 1.54) is 6.07 Å². The minimum atomic E-state index is -0.660. The lowest BCUT2D eigenvalue weighted by Crippen LogP contribution is -2.56. The predicted molar refractivity (Wildman–Crippen MR) is 93.4 cm³/mol. The molecule has 6 heteroatoms. The molecule has 2 fully saturated rings. The van der Waals surface area contributed by atoms with Gasteiger partial charge < -0.3 is 15.5 Å². The molecule has 3 rings (SSSR count). The summed E-state index contributed by atoms with van der Waals surface area (Å²) in [5.74, 6) is -0.511. The van der Waals surface area contributed by atoms with E-state index >= 15 is 0 Å². The van der Waals surface area contributed by atoms with Crippen LogP contribution >= 0.6 is 0 Å². The molecule has 2 aliphatic heterocycles. The number of nitrogens with one attached hydrogen (secondary N) is 2. The van der Waals surface area contributed by atoms with Crippen LogP contribution in [0.25, 0.3) is 0 Å². The van der Waals surface area contributed by atoms with Crippen molar-refractivity contribution in [3.8, 4) is 0 Å². The smallest absolute Gasteiger partial charge is 0.242 e. The molecule has 0 saturated carbocycles. The van der Waals surface area contributed by atoms with Crippen LogP contribution in [0, 0.1) is 11.2 Å². The van der Waals surface area contributed by atoms with Crippen LogP contribution in [0.15, 0.2) is 24.3 Å². The second-order valence-electron chi connectivity index (χ2n) is 7.31. The molecule has 136 valence electrons. The van der Waals surface area contributed by atoms with Crippen LogP contribution in [0.3, 0.4) is 0 Å². The van der Waals surface area contributed by atoms with Crippen LogP contribution in [-0.4, -0.2) is 49.4 Å². The third-order valence-corrected chi connectivity index (χ3v) is 5.50. The van der Waals surface area contributed by atoms with E-state index in [0.29, 0.717) is 37.8 Å². The van der Waals surface area contributed by atoms with Crippen LogP contribution in [0.1, 0.15) is 31.2 Å². The summed E-state index contributed by atoms with van der Waals surface area (Å²) in [5.41, 5.74) is -0.0952. The molecule has 2 heterocycles. The molecular weight excluding hydrogens is 321 g/mol. The molecule has 1 atom stereocenters. The second-order valence-corrected chi connectivity index (χ2v) is 7.31. The number of likely N-dealkylation sites (tertiary alicyclic amines) is 1. The van der Waals surface area contributed by atoms with E-state index in [1.54, 1.807) is 18.2 Å².